The first-order valence-electron chi connectivity index (χ1n) is 28.4. The van der Waals surface area contributed by atoms with Gasteiger partial charge < -0.3 is 48.6 Å². The van der Waals surface area contributed by atoms with E-state index in [1.54, 1.807) is 45.1 Å². The third-order valence-corrected chi connectivity index (χ3v) is 14.8. The van der Waals surface area contributed by atoms with Gasteiger partial charge >= 0.3 is 5.97 Å². The number of esters is 1. The lowest BCUT2D eigenvalue weighted by Crippen LogP contribution is -2.61. The number of aliphatic hydroxyl groups excluding tert-OH is 1. The van der Waals surface area contributed by atoms with E-state index in [-0.39, 0.29) is 56.6 Å². The fourth-order valence-electron chi connectivity index (χ4n) is 9.90. The number of carbonyl (C=O) groups excluding carboxylic acids is 5. The smallest absolute Gasteiger partial charge is 0.329 e. The number of allylic oxidation sites excluding steroid dienone is 6. The van der Waals surface area contributed by atoms with Crippen LogP contribution >= 0.6 is 0 Å². The van der Waals surface area contributed by atoms with Gasteiger partial charge in [0.15, 0.2) is 5.78 Å². The highest BCUT2D eigenvalue weighted by molar-refractivity contribution is 6.39. The summed E-state index contributed by atoms with van der Waals surface area (Å²) in [6.45, 7) is 5.81. The number of hydrogen-bond donors (Lipinski definition) is 3. The zero-order valence-electron chi connectivity index (χ0n) is 50.5. The van der Waals surface area contributed by atoms with Gasteiger partial charge in [-0.2, -0.15) is 0 Å². The minimum atomic E-state index is -3.31. The molecule has 0 radical (unpaired) electrons. The van der Waals surface area contributed by atoms with Crippen LogP contribution in [0.15, 0.2) is 47.6 Å². The van der Waals surface area contributed by atoms with Gasteiger partial charge in [0.25, 0.3) is 11.7 Å². The number of Topliss-reactive ketones (excluding diaryl/α,β-unsaturated/α-hetero) is 3. The molecular formula is C54H85NO14. The van der Waals surface area contributed by atoms with Gasteiger partial charge in [-0.25, -0.2) is 4.79 Å². The van der Waals surface area contributed by atoms with Gasteiger partial charge in [-0.05, 0) is 106 Å². The Hall–Kier alpha value is -3.41. The number of nitrogens with zero attached hydrogens (tertiary/aromatic N) is 1. The number of amides is 1. The van der Waals surface area contributed by atoms with E-state index >= 15 is 0 Å². The van der Waals surface area contributed by atoms with E-state index in [2.05, 4.69) is 0 Å². The van der Waals surface area contributed by atoms with Gasteiger partial charge in [0.05, 0.1) is 43.0 Å². The van der Waals surface area contributed by atoms with Crippen LogP contribution in [-0.2, 0) is 52.4 Å². The molecule has 16 atom stereocenters. The maximum Gasteiger partial charge on any atom is 0.329 e. The molecule has 3 heterocycles. The van der Waals surface area contributed by atoms with E-state index in [0.29, 0.717) is 31.3 Å². The average molecular weight is 980 g/mol. The fraction of sp³-hybridized carbons (Fsp3) is 0.759. The van der Waals surface area contributed by atoms with Crippen molar-refractivity contribution in [1.82, 2.24) is 4.90 Å². The van der Waals surface area contributed by atoms with Gasteiger partial charge in [-0.15, -0.1) is 0 Å². The lowest BCUT2D eigenvalue weighted by molar-refractivity contribution is -0.265. The third kappa shape index (κ3) is 15.3. The van der Waals surface area contributed by atoms with Crippen molar-refractivity contribution >= 4 is 29.2 Å². The molecule has 3 N–H and O–H groups in total. The fourth-order valence-corrected chi connectivity index (χ4v) is 9.90. The van der Waals surface area contributed by atoms with Crippen molar-refractivity contribution < 1.29 is 78.7 Å². The standard InChI is InChI=1S/C54H85NO14/c1-32-17-13-12-14-18-33(2)45(64-9)30-41-22-20-37(6)54(63,69-41)51(60)52(61)55-24-16-15-19-42(55)53(62)68-46(35(4)28-40-21-23-44(67-26-25-56)47(29-40)65-10)31-43(57)34(3)27-36(5)48(58)50(66-11)49(59)39(8)38(32)7/h12-14,17-18,27,32,34-35,37-42,44-48,50,56,58,63H,15-16,19-26,28-31H2,1-11H3/b14-12+,17-13+,33-18+,36-27+/t32-,34-,35-,37-,38?,39-,40+,41+,42+,44-,45+,46+,47-,48-,50-,54-/m1/s1/i20D2,25D2,26D2,32D,38D. The number of ether oxygens (including phenoxy) is 6. The molecule has 1 amide bonds. The molecule has 15 heteroatoms. The van der Waals surface area contributed by atoms with E-state index in [4.69, 9.17) is 38.0 Å². The molecule has 3 aliphatic heterocycles. The zero-order valence-corrected chi connectivity index (χ0v) is 42.5. The Balaban J connectivity index is 1.78. The summed E-state index contributed by atoms with van der Waals surface area (Å²) in [7, 11) is 4.05. The highest BCUT2D eigenvalue weighted by atomic mass is 16.6. The molecule has 2 saturated heterocycles. The summed E-state index contributed by atoms with van der Waals surface area (Å²) in [6, 6.07) is -1.36. The summed E-state index contributed by atoms with van der Waals surface area (Å²) < 4.78 is 102. The lowest BCUT2D eigenvalue weighted by atomic mass is 9.78. The van der Waals surface area contributed by atoms with Crippen molar-refractivity contribution in [2.45, 2.75) is 181 Å². The van der Waals surface area contributed by atoms with Crippen LogP contribution < -0.4 is 0 Å². The molecule has 0 spiro atoms. The maximum absolute atomic E-state index is 14.6. The van der Waals surface area contributed by atoms with Gasteiger partial charge in [0.2, 0.25) is 5.79 Å². The SMILES string of the molecule is [2H]C1([2H])C[C@H]2C[C@H](OC)/C(C)=C/C=C/C=C/[C@@]([2H])(C)C([2H])(C)[C@@H](C)C(=O)[C@H](OC)[C@H](O)/C(C)=C/[C@@H](C)C(=O)C[C@@H]([C@H](C)C[C@@H]3CC[C@@H](OC([2H])([2H])C([2H])([2H])O)[C@H](OC)C3)OC(=O)[C@@H]3CCCCN3C(=O)C(=O)[C@](O)(O2)[C@@H]1C. The predicted molar refractivity (Wildman–Crippen MR) is 261 cm³/mol. The van der Waals surface area contributed by atoms with E-state index in [9.17, 15) is 40.7 Å². The molecule has 2 bridgehead atoms. The summed E-state index contributed by atoms with van der Waals surface area (Å²) in [5.74, 6) is -15.6. The minimum Gasteiger partial charge on any atom is -0.460 e. The van der Waals surface area contributed by atoms with Gasteiger partial charge in [0, 0.05) is 64.0 Å². The first kappa shape index (κ1) is 46.6. The maximum atomic E-state index is 14.6. The summed E-state index contributed by atoms with van der Waals surface area (Å²) in [6.07, 6.45) is 0.825. The molecule has 1 saturated carbocycles. The molecule has 0 aromatic heterocycles. The normalized spacial score (nSPS) is 44.8. The van der Waals surface area contributed by atoms with Crippen LogP contribution in [0.25, 0.3) is 0 Å². The molecular weight excluding hydrogens is 887 g/mol. The molecule has 15 nitrogen and oxygen atoms in total. The van der Waals surface area contributed by atoms with Crippen LogP contribution in [-0.4, -0.2) is 145 Å². The summed E-state index contributed by atoms with van der Waals surface area (Å²) in [4.78, 5) is 72.9. The van der Waals surface area contributed by atoms with Crippen LogP contribution in [0.2, 0.25) is 0 Å². The van der Waals surface area contributed by atoms with E-state index in [1.165, 1.54) is 68.1 Å². The monoisotopic (exact) mass is 980 g/mol. The lowest BCUT2D eigenvalue weighted by Gasteiger charge is -2.42. The minimum absolute atomic E-state index is 0.0456. The highest BCUT2D eigenvalue weighted by Gasteiger charge is 2.53. The second kappa shape index (κ2) is 27.4. The summed E-state index contributed by atoms with van der Waals surface area (Å²) in [5.41, 5.74) is 0.822. The molecule has 0 aromatic carbocycles. The quantitative estimate of drug-likeness (QED) is 0.129. The number of aliphatic hydroxyl groups is 3. The number of rotatable bonds is 9. The van der Waals surface area contributed by atoms with Crippen LogP contribution in [0.4, 0.5) is 0 Å². The molecule has 4 aliphatic rings. The van der Waals surface area contributed by atoms with E-state index in [1.807, 2.05) is 0 Å². The second-order valence-corrected chi connectivity index (χ2v) is 19.5. The number of carbonyl (C=O) groups is 5. The largest absolute Gasteiger partial charge is 0.460 e. The van der Waals surface area contributed by atoms with Crippen molar-refractivity contribution in [1.29, 1.82) is 0 Å². The van der Waals surface area contributed by atoms with Crippen molar-refractivity contribution in [3.63, 3.8) is 0 Å². The Morgan fingerprint density at radius 2 is 1.65 bits per heavy atom. The van der Waals surface area contributed by atoms with Crippen LogP contribution in [0.3, 0.4) is 0 Å². The van der Waals surface area contributed by atoms with E-state index < -0.39 is 139 Å². The number of piperidine rings is 1. The van der Waals surface area contributed by atoms with Gasteiger partial charge in [-0.3, -0.25) is 19.2 Å². The zero-order chi connectivity index (χ0) is 58.4. The number of ketones is 3. The molecule has 3 fully saturated rings. The van der Waals surface area contributed by atoms with Crippen molar-refractivity contribution in [3.05, 3.63) is 47.6 Å². The number of cyclic esters (lactones) is 1. The Morgan fingerprint density at radius 3 is 2.32 bits per heavy atom. The predicted octanol–water partition coefficient (Wildman–Crippen LogP) is 6.44. The van der Waals surface area contributed by atoms with Gasteiger partial charge in [0.1, 0.15) is 30.1 Å². The molecule has 1 unspecified atom stereocenters. The second-order valence-electron chi connectivity index (χ2n) is 19.5. The van der Waals surface area contributed by atoms with Gasteiger partial charge in [-0.1, -0.05) is 78.0 Å². The third-order valence-electron chi connectivity index (χ3n) is 14.8. The number of methoxy groups -OCH3 is 3. The van der Waals surface area contributed by atoms with Crippen molar-refractivity contribution in [3.8, 4) is 0 Å². The number of hydrogen-bond acceptors (Lipinski definition) is 14. The van der Waals surface area contributed by atoms with Crippen LogP contribution in [0.1, 0.15) is 137 Å². The highest BCUT2D eigenvalue weighted by Crippen LogP contribution is 2.38. The Kier molecular flexibility index (Phi) is 18.5. The Bertz CT molecular complexity index is 2210. The summed E-state index contributed by atoms with van der Waals surface area (Å²) in [5, 5.41) is 33.5. The van der Waals surface area contributed by atoms with Crippen LogP contribution in [0.5, 0.6) is 0 Å². The van der Waals surface area contributed by atoms with Crippen LogP contribution in [0, 0.1) is 41.4 Å². The van der Waals surface area contributed by atoms with Crippen molar-refractivity contribution in [2.75, 3.05) is 41.0 Å². The first-order chi connectivity index (χ1) is 35.5. The van der Waals surface area contributed by atoms with Crippen molar-refractivity contribution in [2.24, 2.45) is 41.4 Å². The first-order valence-corrected chi connectivity index (χ1v) is 24.4. The molecule has 0 aromatic rings. The Labute approximate surface area is 422 Å². The molecule has 69 heavy (non-hydrogen) atoms. The average Bonchev–Trinajstić information content (AvgIpc) is 3.35. The number of fused-ring (bicyclic) bond motifs is 3. The van der Waals surface area contributed by atoms with E-state index in [0.717, 1.165) is 4.90 Å². The summed E-state index contributed by atoms with van der Waals surface area (Å²) >= 11 is 0. The topological polar surface area (TPSA) is 205 Å². The molecule has 390 valence electrons. The molecule has 1 aliphatic carbocycles. The Morgan fingerprint density at radius 1 is 0.928 bits per heavy atom. The molecule has 4 rings (SSSR count).